The van der Waals surface area contributed by atoms with E-state index in [4.69, 9.17) is 5.41 Å². The molecule has 1 amide bonds. The molecular weight excluding hydrogens is 516 g/mol. The summed E-state index contributed by atoms with van der Waals surface area (Å²) in [5, 5.41) is 20.1. The number of H-pyrrole nitrogens is 1. The van der Waals surface area contributed by atoms with Crippen LogP contribution in [0.2, 0.25) is 0 Å². The lowest BCUT2D eigenvalue weighted by molar-refractivity contribution is -0.123. The van der Waals surface area contributed by atoms with Crippen LogP contribution in [0, 0.1) is 23.2 Å². The average molecular weight is 548 g/mol. The SMILES string of the molecule is CC(=N)[C@H]1CCN(Cc2ccc(C#Cc3ccc(CC(C(=O)NCC(F)F)c4nc[nH]c(=O)c4O)cc3)cc2)C1. The minimum atomic E-state index is -2.74. The van der Waals surface area contributed by atoms with Gasteiger partial charge in [0.05, 0.1) is 18.8 Å². The molecule has 4 rings (SSSR count). The van der Waals surface area contributed by atoms with E-state index in [9.17, 15) is 23.5 Å². The zero-order chi connectivity index (χ0) is 28.6. The predicted octanol–water partition coefficient (Wildman–Crippen LogP) is 3.44. The van der Waals surface area contributed by atoms with Gasteiger partial charge in [0, 0.05) is 35.8 Å². The largest absolute Gasteiger partial charge is 0.502 e. The van der Waals surface area contributed by atoms with Crippen molar-refractivity contribution in [3.8, 4) is 17.6 Å². The molecule has 1 fully saturated rings. The molecule has 2 aromatic carbocycles. The fraction of sp³-hybridized carbons (Fsp3) is 0.333. The van der Waals surface area contributed by atoms with Crippen molar-refractivity contribution in [3.05, 3.63) is 93.2 Å². The molecule has 0 bridgehead atoms. The van der Waals surface area contributed by atoms with Crippen LogP contribution in [0.4, 0.5) is 8.78 Å². The van der Waals surface area contributed by atoms with Crippen LogP contribution in [0.1, 0.15) is 47.2 Å². The molecule has 4 N–H and O–H groups in total. The number of nitrogens with zero attached hydrogens (tertiary/aromatic N) is 2. The van der Waals surface area contributed by atoms with Gasteiger partial charge < -0.3 is 20.8 Å². The zero-order valence-electron chi connectivity index (χ0n) is 22.1. The van der Waals surface area contributed by atoms with Crippen LogP contribution in [-0.2, 0) is 17.8 Å². The molecule has 1 saturated heterocycles. The second-order valence-corrected chi connectivity index (χ2v) is 9.91. The molecule has 0 aliphatic carbocycles. The van der Waals surface area contributed by atoms with Crippen molar-refractivity contribution in [2.75, 3.05) is 19.6 Å². The number of aromatic amines is 1. The standard InChI is InChI=1S/C30H31F2N5O3/c1-19(33)24-12-13-37(17-24)16-23-10-6-21(7-11-23)3-2-20-4-8-22(9-5-20)14-25(29(39)34-15-26(31)32)27-28(38)30(40)36-18-35-27/h4-11,18,24-26,33,38H,12-17H2,1H3,(H,34,39)(H,35,36,40)/t24-,25?/m0/s1. The maximum absolute atomic E-state index is 12.7. The van der Waals surface area contributed by atoms with Crippen LogP contribution in [0.15, 0.2) is 59.7 Å². The molecule has 0 saturated carbocycles. The van der Waals surface area contributed by atoms with Gasteiger partial charge >= 0.3 is 0 Å². The first kappa shape index (κ1) is 28.6. The summed E-state index contributed by atoms with van der Waals surface area (Å²) >= 11 is 0. The number of halogens is 2. The third kappa shape index (κ3) is 7.61. The van der Waals surface area contributed by atoms with E-state index in [0.717, 1.165) is 49.2 Å². The second-order valence-electron chi connectivity index (χ2n) is 9.91. The molecule has 1 aromatic heterocycles. The van der Waals surface area contributed by atoms with Crippen molar-refractivity contribution in [1.29, 1.82) is 5.41 Å². The Bertz CT molecular complexity index is 1460. The van der Waals surface area contributed by atoms with Crippen molar-refractivity contribution in [1.82, 2.24) is 20.2 Å². The van der Waals surface area contributed by atoms with Crippen LogP contribution in [0.25, 0.3) is 0 Å². The Morgan fingerprint density at radius 2 is 1.77 bits per heavy atom. The van der Waals surface area contributed by atoms with E-state index in [1.54, 1.807) is 24.3 Å². The van der Waals surface area contributed by atoms with Gasteiger partial charge in [-0.3, -0.25) is 14.5 Å². The first-order chi connectivity index (χ1) is 19.2. The molecule has 3 aromatic rings. The smallest absolute Gasteiger partial charge is 0.293 e. The van der Waals surface area contributed by atoms with Gasteiger partial charge in [0.2, 0.25) is 11.7 Å². The minimum Gasteiger partial charge on any atom is -0.502 e. The van der Waals surface area contributed by atoms with Gasteiger partial charge in [-0.1, -0.05) is 36.1 Å². The number of likely N-dealkylation sites (tertiary alicyclic amines) is 1. The molecule has 10 heteroatoms. The summed E-state index contributed by atoms with van der Waals surface area (Å²) in [5.41, 5.74) is 3.24. The summed E-state index contributed by atoms with van der Waals surface area (Å²) < 4.78 is 25.3. The number of carbonyl (C=O) groups is 1. The van der Waals surface area contributed by atoms with Crippen molar-refractivity contribution in [2.24, 2.45) is 5.92 Å². The Kier molecular flexibility index (Phi) is 9.40. The maximum Gasteiger partial charge on any atom is 0.293 e. The minimum absolute atomic E-state index is 0.0331. The van der Waals surface area contributed by atoms with E-state index in [-0.39, 0.29) is 12.1 Å². The van der Waals surface area contributed by atoms with E-state index in [0.29, 0.717) is 11.5 Å². The van der Waals surface area contributed by atoms with Crippen LogP contribution in [0.3, 0.4) is 0 Å². The molecule has 1 unspecified atom stereocenters. The van der Waals surface area contributed by atoms with E-state index in [2.05, 4.69) is 44.2 Å². The number of aromatic nitrogens is 2. The monoisotopic (exact) mass is 547 g/mol. The van der Waals surface area contributed by atoms with Crippen molar-refractivity contribution < 1.29 is 18.7 Å². The Morgan fingerprint density at radius 1 is 1.15 bits per heavy atom. The second kappa shape index (κ2) is 13.1. The summed E-state index contributed by atoms with van der Waals surface area (Å²) in [5.74, 6) is 3.98. The highest BCUT2D eigenvalue weighted by Gasteiger charge is 2.27. The fourth-order valence-corrected chi connectivity index (χ4v) is 4.66. The first-order valence-electron chi connectivity index (χ1n) is 13.0. The molecule has 2 heterocycles. The van der Waals surface area contributed by atoms with E-state index < -0.39 is 36.1 Å². The fourth-order valence-electron chi connectivity index (χ4n) is 4.66. The van der Waals surface area contributed by atoms with Gasteiger partial charge in [-0.2, -0.15) is 0 Å². The number of carbonyl (C=O) groups excluding carboxylic acids is 1. The summed E-state index contributed by atoms with van der Waals surface area (Å²) in [4.78, 5) is 33.0. The zero-order valence-corrected chi connectivity index (χ0v) is 22.1. The first-order valence-corrected chi connectivity index (χ1v) is 13.0. The summed E-state index contributed by atoms with van der Waals surface area (Å²) in [7, 11) is 0. The number of nitrogens with one attached hydrogen (secondary N) is 3. The molecule has 1 aliphatic rings. The van der Waals surface area contributed by atoms with E-state index in [1.807, 2.05) is 19.1 Å². The van der Waals surface area contributed by atoms with Crippen LogP contribution < -0.4 is 10.9 Å². The van der Waals surface area contributed by atoms with Crippen molar-refractivity contribution in [3.63, 3.8) is 0 Å². The molecule has 0 radical (unpaired) electrons. The molecule has 2 atom stereocenters. The Morgan fingerprint density at radius 3 is 2.35 bits per heavy atom. The average Bonchev–Trinajstić information content (AvgIpc) is 3.41. The lowest BCUT2D eigenvalue weighted by Gasteiger charge is -2.17. The molecule has 0 spiro atoms. The number of amides is 1. The lowest BCUT2D eigenvalue weighted by atomic mass is 9.94. The highest BCUT2D eigenvalue weighted by molar-refractivity contribution is 5.84. The summed E-state index contributed by atoms with van der Waals surface area (Å²) in [6, 6.07) is 15.2. The van der Waals surface area contributed by atoms with Gasteiger partial charge in [-0.25, -0.2) is 13.8 Å². The molecule has 8 nitrogen and oxygen atoms in total. The lowest BCUT2D eigenvalue weighted by Crippen LogP contribution is -2.34. The Balaban J connectivity index is 1.41. The van der Waals surface area contributed by atoms with Crippen molar-refractivity contribution in [2.45, 2.75) is 38.7 Å². The number of hydrogen-bond donors (Lipinski definition) is 4. The normalized spacial score (nSPS) is 15.8. The molecule has 40 heavy (non-hydrogen) atoms. The van der Waals surface area contributed by atoms with Gasteiger partial charge in [-0.05, 0) is 61.7 Å². The molecule has 1 aliphatic heterocycles. The third-order valence-corrected chi connectivity index (χ3v) is 6.92. The number of aromatic hydroxyl groups is 1. The topological polar surface area (TPSA) is 122 Å². The molecular formula is C30H31F2N5O3. The Hall–Kier alpha value is -4.36. The molecule has 208 valence electrons. The quantitative estimate of drug-likeness (QED) is 0.242. The highest BCUT2D eigenvalue weighted by Crippen LogP contribution is 2.25. The van der Waals surface area contributed by atoms with Crippen LogP contribution in [0.5, 0.6) is 5.75 Å². The number of benzene rings is 2. The number of rotatable bonds is 9. The highest BCUT2D eigenvalue weighted by atomic mass is 19.3. The Labute approximate surface area is 231 Å². The van der Waals surface area contributed by atoms with Gasteiger partial charge in [0.25, 0.3) is 12.0 Å². The van der Waals surface area contributed by atoms with E-state index in [1.165, 1.54) is 5.56 Å². The summed E-state index contributed by atoms with van der Waals surface area (Å²) in [6.45, 7) is 3.81. The van der Waals surface area contributed by atoms with Crippen molar-refractivity contribution >= 4 is 11.6 Å². The van der Waals surface area contributed by atoms with Gasteiger partial charge in [-0.15, -0.1) is 0 Å². The van der Waals surface area contributed by atoms with E-state index >= 15 is 0 Å². The maximum atomic E-state index is 12.7. The van der Waals surface area contributed by atoms with Gasteiger partial charge in [0.1, 0.15) is 5.69 Å². The van der Waals surface area contributed by atoms with Crippen LogP contribution >= 0.6 is 0 Å². The predicted molar refractivity (Wildman–Crippen MR) is 148 cm³/mol. The number of hydrogen-bond acceptors (Lipinski definition) is 6. The summed E-state index contributed by atoms with van der Waals surface area (Å²) in [6.07, 6.45) is -0.618. The van der Waals surface area contributed by atoms with Crippen LogP contribution in [-0.4, -0.2) is 57.7 Å². The van der Waals surface area contributed by atoms with Gasteiger partial charge in [0.15, 0.2) is 0 Å². The third-order valence-electron chi connectivity index (χ3n) is 6.92. The number of alkyl halides is 2.